The van der Waals surface area contributed by atoms with E-state index in [0.717, 1.165) is 29.2 Å². The van der Waals surface area contributed by atoms with Crippen LogP contribution in [0.15, 0.2) is 41.7 Å². The second-order valence-electron chi connectivity index (χ2n) is 5.22. The standard InChI is InChI=1S/C16H18N2O2S/c1-20-13-7-5-12(6-8-13)16(19,11-3-4-11)14-9-17-10-15(18-14)21-2/h5-11,19H,3-4H2,1-2H3. The van der Waals surface area contributed by atoms with Crippen LogP contribution < -0.4 is 4.74 Å². The third kappa shape index (κ3) is 2.63. The lowest BCUT2D eigenvalue weighted by Gasteiger charge is -2.28. The Bertz CT molecular complexity index is 628. The summed E-state index contributed by atoms with van der Waals surface area (Å²) in [4.78, 5) is 8.79. The van der Waals surface area contributed by atoms with Gasteiger partial charge in [-0.1, -0.05) is 12.1 Å². The minimum Gasteiger partial charge on any atom is -0.497 e. The number of benzene rings is 1. The van der Waals surface area contributed by atoms with Crippen molar-refractivity contribution in [3.05, 3.63) is 47.9 Å². The van der Waals surface area contributed by atoms with E-state index >= 15 is 0 Å². The monoisotopic (exact) mass is 302 g/mol. The zero-order valence-electron chi connectivity index (χ0n) is 12.1. The van der Waals surface area contributed by atoms with Crippen LogP contribution in [0.4, 0.5) is 0 Å². The number of aromatic nitrogens is 2. The van der Waals surface area contributed by atoms with Gasteiger partial charge >= 0.3 is 0 Å². The summed E-state index contributed by atoms with van der Waals surface area (Å²) < 4.78 is 5.19. The average molecular weight is 302 g/mol. The van der Waals surface area contributed by atoms with Gasteiger partial charge in [0.25, 0.3) is 0 Å². The van der Waals surface area contributed by atoms with Gasteiger partial charge in [-0.2, -0.15) is 0 Å². The fourth-order valence-corrected chi connectivity index (χ4v) is 2.92. The molecule has 1 N–H and O–H groups in total. The van der Waals surface area contributed by atoms with Gasteiger partial charge in [0, 0.05) is 0 Å². The Morgan fingerprint density at radius 3 is 2.52 bits per heavy atom. The molecule has 0 saturated heterocycles. The maximum Gasteiger partial charge on any atom is 0.136 e. The van der Waals surface area contributed by atoms with E-state index in [1.54, 1.807) is 19.5 Å². The molecule has 1 unspecified atom stereocenters. The quantitative estimate of drug-likeness (QED) is 0.861. The van der Waals surface area contributed by atoms with Gasteiger partial charge in [-0.15, -0.1) is 11.8 Å². The summed E-state index contributed by atoms with van der Waals surface area (Å²) in [6.45, 7) is 0. The normalized spacial score (nSPS) is 17.3. The van der Waals surface area contributed by atoms with E-state index in [-0.39, 0.29) is 5.92 Å². The summed E-state index contributed by atoms with van der Waals surface area (Å²) >= 11 is 1.53. The van der Waals surface area contributed by atoms with Crippen molar-refractivity contribution in [2.45, 2.75) is 23.5 Å². The highest BCUT2D eigenvalue weighted by Gasteiger charge is 2.47. The predicted octanol–water partition coefficient (Wildman–Crippen LogP) is 2.85. The zero-order valence-corrected chi connectivity index (χ0v) is 12.9. The van der Waals surface area contributed by atoms with Crippen molar-refractivity contribution in [3.63, 3.8) is 0 Å². The molecule has 0 spiro atoms. The molecule has 0 radical (unpaired) electrons. The van der Waals surface area contributed by atoms with Crippen molar-refractivity contribution >= 4 is 11.8 Å². The summed E-state index contributed by atoms with van der Waals surface area (Å²) in [6, 6.07) is 7.55. The first-order valence-corrected chi connectivity index (χ1v) is 8.14. The first kappa shape index (κ1) is 14.4. The Hall–Kier alpha value is -1.59. The first-order valence-electron chi connectivity index (χ1n) is 6.92. The van der Waals surface area contributed by atoms with Crippen LogP contribution in [0.5, 0.6) is 5.75 Å². The molecule has 5 heteroatoms. The molecule has 0 amide bonds. The van der Waals surface area contributed by atoms with Crippen LogP contribution in [0.2, 0.25) is 0 Å². The van der Waals surface area contributed by atoms with Crippen LogP contribution in [0.3, 0.4) is 0 Å². The number of hydrogen-bond acceptors (Lipinski definition) is 5. The molecule has 1 atom stereocenters. The molecule has 3 rings (SSSR count). The van der Waals surface area contributed by atoms with Gasteiger partial charge in [0.05, 0.1) is 25.2 Å². The molecule has 2 aromatic rings. The second kappa shape index (κ2) is 5.66. The van der Waals surface area contributed by atoms with Crippen molar-refractivity contribution < 1.29 is 9.84 Å². The smallest absolute Gasteiger partial charge is 0.136 e. The summed E-state index contributed by atoms with van der Waals surface area (Å²) in [7, 11) is 1.63. The molecule has 1 saturated carbocycles. The Kier molecular flexibility index (Phi) is 3.87. The molecule has 0 bridgehead atoms. The number of rotatable bonds is 5. The highest BCUT2D eigenvalue weighted by molar-refractivity contribution is 7.98. The van der Waals surface area contributed by atoms with Crippen molar-refractivity contribution in [3.8, 4) is 5.75 Å². The molecule has 0 aliphatic heterocycles. The molecular formula is C16H18N2O2S. The topological polar surface area (TPSA) is 55.2 Å². The SMILES string of the molecule is COc1ccc(C(O)(c2cncc(SC)n2)C2CC2)cc1. The van der Waals surface area contributed by atoms with Gasteiger partial charge in [0.2, 0.25) is 0 Å². The van der Waals surface area contributed by atoms with E-state index in [1.165, 1.54) is 11.8 Å². The Labute approximate surface area is 128 Å². The van der Waals surface area contributed by atoms with Gasteiger partial charge < -0.3 is 9.84 Å². The van der Waals surface area contributed by atoms with Gasteiger partial charge in [-0.05, 0) is 42.7 Å². The molecule has 1 heterocycles. The van der Waals surface area contributed by atoms with Gasteiger partial charge in [0.15, 0.2) is 0 Å². The molecule has 4 nitrogen and oxygen atoms in total. The second-order valence-corrected chi connectivity index (χ2v) is 6.04. The fraction of sp³-hybridized carbons (Fsp3) is 0.375. The minimum atomic E-state index is -1.06. The van der Waals surface area contributed by atoms with E-state index in [0.29, 0.717) is 5.69 Å². The van der Waals surface area contributed by atoms with Gasteiger partial charge in [-0.25, -0.2) is 4.98 Å². The number of ether oxygens (including phenoxy) is 1. The molecular weight excluding hydrogens is 284 g/mol. The number of thioether (sulfide) groups is 1. The maximum absolute atomic E-state index is 11.3. The van der Waals surface area contributed by atoms with Crippen LogP contribution in [0.25, 0.3) is 0 Å². The minimum absolute atomic E-state index is 0.206. The lowest BCUT2D eigenvalue weighted by atomic mass is 9.86. The van der Waals surface area contributed by atoms with Crippen LogP contribution >= 0.6 is 11.8 Å². The van der Waals surface area contributed by atoms with Crippen LogP contribution in [-0.2, 0) is 5.60 Å². The van der Waals surface area contributed by atoms with Crippen molar-refractivity contribution in [1.82, 2.24) is 9.97 Å². The first-order chi connectivity index (χ1) is 10.2. The summed E-state index contributed by atoms with van der Waals surface area (Å²) in [6.07, 6.45) is 7.36. The van der Waals surface area contributed by atoms with Crippen LogP contribution in [0.1, 0.15) is 24.1 Å². The molecule has 1 aliphatic rings. The van der Waals surface area contributed by atoms with Crippen LogP contribution in [0, 0.1) is 5.92 Å². The summed E-state index contributed by atoms with van der Waals surface area (Å²) in [5.74, 6) is 0.984. The Balaban J connectivity index is 2.05. The van der Waals surface area contributed by atoms with E-state index in [4.69, 9.17) is 4.74 Å². The van der Waals surface area contributed by atoms with Crippen molar-refractivity contribution in [2.75, 3.05) is 13.4 Å². The largest absolute Gasteiger partial charge is 0.497 e. The van der Waals surface area contributed by atoms with Gasteiger partial charge in [-0.3, -0.25) is 4.98 Å². The average Bonchev–Trinajstić information content (AvgIpc) is 3.39. The molecule has 1 aromatic carbocycles. The number of aliphatic hydroxyl groups is 1. The lowest BCUT2D eigenvalue weighted by Crippen LogP contribution is -2.31. The zero-order chi connectivity index (χ0) is 14.9. The van der Waals surface area contributed by atoms with Crippen molar-refractivity contribution in [2.24, 2.45) is 5.92 Å². The fourth-order valence-electron chi connectivity index (χ4n) is 2.57. The Morgan fingerprint density at radius 2 is 1.95 bits per heavy atom. The van der Waals surface area contributed by atoms with E-state index in [9.17, 15) is 5.11 Å². The van der Waals surface area contributed by atoms with Crippen molar-refractivity contribution in [1.29, 1.82) is 0 Å². The number of methoxy groups -OCH3 is 1. The molecule has 21 heavy (non-hydrogen) atoms. The third-order valence-electron chi connectivity index (χ3n) is 3.91. The molecule has 1 fully saturated rings. The van der Waals surface area contributed by atoms with Gasteiger partial charge in [0.1, 0.15) is 16.4 Å². The summed E-state index contributed by atoms with van der Waals surface area (Å²) in [5, 5.41) is 12.1. The molecule has 1 aromatic heterocycles. The molecule has 1 aliphatic carbocycles. The maximum atomic E-state index is 11.3. The van der Waals surface area contributed by atoms with Crippen LogP contribution in [-0.4, -0.2) is 28.4 Å². The third-order valence-corrected chi connectivity index (χ3v) is 4.53. The highest BCUT2D eigenvalue weighted by Crippen LogP contribution is 2.49. The van der Waals surface area contributed by atoms with E-state index in [2.05, 4.69) is 9.97 Å². The predicted molar refractivity (Wildman–Crippen MR) is 82.5 cm³/mol. The van der Waals surface area contributed by atoms with E-state index < -0.39 is 5.60 Å². The lowest BCUT2D eigenvalue weighted by molar-refractivity contribution is 0.0509. The molecule has 110 valence electrons. The van der Waals surface area contributed by atoms with E-state index in [1.807, 2.05) is 30.5 Å². The number of nitrogens with zero attached hydrogens (tertiary/aromatic N) is 2. The number of hydrogen-bond donors (Lipinski definition) is 1. The Morgan fingerprint density at radius 1 is 1.24 bits per heavy atom. The highest BCUT2D eigenvalue weighted by atomic mass is 32.2. The summed E-state index contributed by atoms with van der Waals surface area (Å²) in [5.41, 5.74) is 0.408.